The fourth-order valence-electron chi connectivity index (χ4n) is 1.69. The number of benzene rings is 2. The number of thioether (sulfide) groups is 1. The zero-order valence-corrected chi connectivity index (χ0v) is 14.9. The van der Waals surface area contributed by atoms with Crippen molar-refractivity contribution in [3.05, 3.63) is 58.1 Å². The zero-order chi connectivity index (χ0) is 18.4. The lowest BCUT2D eigenvalue weighted by molar-refractivity contribution is -0.144. The summed E-state index contributed by atoms with van der Waals surface area (Å²) in [5.41, 5.74) is -0.332. The molecule has 4 nitrogen and oxygen atoms in total. The molecule has 2 rings (SSSR count). The van der Waals surface area contributed by atoms with Gasteiger partial charge in [-0.2, -0.15) is 0 Å². The van der Waals surface area contributed by atoms with Gasteiger partial charge in [0, 0.05) is 16.0 Å². The van der Waals surface area contributed by atoms with Crippen molar-refractivity contribution in [2.45, 2.75) is 4.90 Å². The van der Waals surface area contributed by atoms with Crippen molar-refractivity contribution in [1.29, 1.82) is 0 Å². The molecule has 0 radical (unpaired) electrons. The van der Waals surface area contributed by atoms with Crippen LogP contribution in [0.1, 0.15) is 0 Å². The summed E-state index contributed by atoms with van der Waals surface area (Å²) >= 11 is 12.9. The van der Waals surface area contributed by atoms with E-state index in [4.69, 9.17) is 27.9 Å². The van der Waals surface area contributed by atoms with Crippen LogP contribution in [-0.4, -0.2) is 24.2 Å². The average molecular weight is 406 g/mol. The third kappa shape index (κ3) is 6.19. The van der Waals surface area contributed by atoms with Crippen LogP contribution in [0, 0.1) is 11.6 Å². The molecule has 0 heterocycles. The van der Waals surface area contributed by atoms with Crippen molar-refractivity contribution in [3.8, 4) is 0 Å². The Morgan fingerprint density at radius 2 is 1.88 bits per heavy atom. The van der Waals surface area contributed by atoms with E-state index in [1.54, 1.807) is 18.2 Å². The highest BCUT2D eigenvalue weighted by Gasteiger charge is 2.12. The molecule has 25 heavy (non-hydrogen) atoms. The highest BCUT2D eigenvalue weighted by molar-refractivity contribution is 8.00. The topological polar surface area (TPSA) is 55.4 Å². The zero-order valence-electron chi connectivity index (χ0n) is 12.5. The third-order valence-corrected chi connectivity index (χ3v) is 4.51. The van der Waals surface area contributed by atoms with E-state index in [9.17, 15) is 18.4 Å². The Bertz CT molecular complexity index is 805. The van der Waals surface area contributed by atoms with Crippen molar-refractivity contribution in [3.63, 3.8) is 0 Å². The van der Waals surface area contributed by atoms with Crippen LogP contribution in [0.5, 0.6) is 0 Å². The van der Waals surface area contributed by atoms with Crippen LogP contribution < -0.4 is 5.32 Å². The molecule has 0 atom stereocenters. The van der Waals surface area contributed by atoms with Crippen molar-refractivity contribution < 1.29 is 23.1 Å². The van der Waals surface area contributed by atoms with Gasteiger partial charge in [-0.1, -0.05) is 23.2 Å². The highest BCUT2D eigenvalue weighted by Crippen LogP contribution is 2.29. The van der Waals surface area contributed by atoms with E-state index in [1.165, 1.54) is 0 Å². The molecule has 1 amide bonds. The SMILES string of the molecule is O=C(COC(=O)CSc1cc(Cl)ccc1Cl)Nc1cc(F)ccc1F. The number of rotatable bonds is 6. The Hall–Kier alpha value is -1.83. The summed E-state index contributed by atoms with van der Waals surface area (Å²) in [6, 6.07) is 7.43. The molecule has 0 saturated carbocycles. The molecule has 0 aromatic heterocycles. The number of nitrogens with one attached hydrogen (secondary N) is 1. The molecular weight excluding hydrogens is 395 g/mol. The van der Waals surface area contributed by atoms with Gasteiger partial charge in [0.05, 0.1) is 16.5 Å². The molecule has 132 valence electrons. The molecule has 0 fully saturated rings. The number of hydrogen-bond acceptors (Lipinski definition) is 4. The van der Waals surface area contributed by atoms with E-state index in [0.717, 1.165) is 30.0 Å². The van der Waals surface area contributed by atoms with E-state index in [1.807, 2.05) is 0 Å². The molecule has 2 aromatic carbocycles. The third-order valence-electron chi connectivity index (χ3n) is 2.81. The Morgan fingerprint density at radius 3 is 2.64 bits per heavy atom. The van der Waals surface area contributed by atoms with Crippen molar-refractivity contribution >= 4 is 52.5 Å². The summed E-state index contributed by atoms with van der Waals surface area (Å²) in [5, 5.41) is 3.02. The van der Waals surface area contributed by atoms with Crippen LogP contribution in [0.2, 0.25) is 10.0 Å². The summed E-state index contributed by atoms with van der Waals surface area (Å²) in [5.74, 6) is -3.06. The minimum atomic E-state index is -0.799. The number of anilines is 1. The van der Waals surface area contributed by atoms with Gasteiger partial charge in [0.15, 0.2) is 6.61 Å². The van der Waals surface area contributed by atoms with Crippen LogP contribution in [-0.2, 0) is 14.3 Å². The Morgan fingerprint density at radius 1 is 1.12 bits per heavy atom. The Kier molecular flexibility index (Phi) is 7.04. The van der Waals surface area contributed by atoms with Gasteiger partial charge in [-0.15, -0.1) is 11.8 Å². The number of carbonyl (C=O) groups excluding carboxylic acids is 2. The number of esters is 1. The van der Waals surface area contributed by atoms with Gasteiger partial charge in [0.25, 0.3) is 5.91 Å². The first-order valence-corrected chi connectivity index (χ1v) is 8.57. The lowest BCUT2D eigenvalue weighted by Crippen LogP contribution is -2.22. The molecule has 0 spiro atoms. The van der Waals surface area contributed by atoms with E-state index in [0.29, 0.717) is 14.9 Å². The summed E-state index contributed by atoms with van der Waals surface area (Å²) in [6.45, 7) is -0.626. The maximum Gasteiger partial charge on any atom is 0.316 e. The standard InChI is InChI=1S/C16H11Cl2F2NO3S/c17-9-1-3-11(18)14(5-9)25-8-16(23)24-7-15(22)21-13-6-10(19)2-4-12(13)20/h1-6H,7-8H2,(H,21,22). The van der Waals surface area contributed by atoms with E-state index >= 15 is 0 Å². The van der Waals surface area contributed by atoms with Crippen LogP contribution in [0.15, 0.2) is 41.3 Å². The number of halogens is 4. The monoisotopic (exact) mass is 405 g/mol. The van der Waals surface area contributed by atoms with Gasteiger partial charge in [-0.25, -0.2) is 8.78 Å². The van der Waals surface area contributed by atoms with Gasteiger partial charge in [0.1, 0.15) is 11.6 Å². The fraction of sp³-hybridized carbons (Fsp3) is 0.125. The maximum absolute atomic E-state index is 13.4. The van der Waals surface area contributed by atoms with E-state index in [-0.39, 0.29) is 11.4 Å². The van der Waals surface area contributed by atoms with Gasteiger partial charge in [-0.05, 0) is 30.3 Å². The molecule has 0 aliphatic heterocycles. The second-order valence-electron chi connectivity index (χ2n) is 4.70. The number of amides is 1. The maximum atomic E-state index is 13.4. The van der Waals surface area contributed by atoms with Gasteiger partial charge < -0.3 is 10.1 Å². The van der Waals surface area contributed by atoms with Gasteiger partial charge in [0.2, 0.25) is 0 Å². The number of hydrogen-bond donors (Lipinski definition) is 1. The predicted octanol–water partition coefficient (Wildman–Crippen LogP) is 4.55. The van der Waals surface area contributed by atoms with Crippen LogP contribution in [0.4, 0.5) is 14.5 Å². The first-order chi connectivity index (χ1) is 11.8. The summed E-state index contributed by atoms with van der Waals surface area (Å²) < 4.78 is 31.2. The van der Waals surface area contributed by atoms with Crippen LogP contribution >= 0.6 is 35.0 Å². The predicted molar refractivity (Wildman–Crippen MR) is 93.1 cm³/mol. The minimum absolute atomic E-state index is 0.0956. The molecule has 0 unspecified atom stereocenters. The van der Waals surface area contributed by atoms with Gasteiger partial charge >= 0.3 is 5.97 Å². The molecule has 0 aliphatic carbocycles. The number of ether oxygens (including phenoxy) is 1. The van der Waals surface area contributed by atoms with E-state index < -0.39 is 30.1 Å². The largest absolute Gasteiger partial charge is 0.455 e. The molecular formula is C16H11Cl2F2NO3S. The van der Waals surface area contributed by atoms with Gasteiger partial charge in [-0.3, -0.25) is 9.59 Å². The molecule has 9 heteroatoms. The lowest BCUT2D eigenvalue weighted by Gasteiger charge is -2.08. The lowest BCUT2D eigenvalue weighted by atomic mass is 10.3. The fourth-order valence-corrected chi connectivity index (χ4v) is 2.98. The highest BCUT2D eigenvalue weighted by atomic mass is 35.5. The molecule has 1 N–H and O–H groups in total. The van der Waals surface area contributed by atoms with E-state index in [2.05, 4.69) is 5.32 Å². The van der Waals surface area contributed by atoms with Crippen molar-refractivity contribution in [1.82, 2.24) is 0 Å². The van der Waals surface area contributed by atoms with Crippen LogP contribution in [0.25, 0.3) is 0 Å². The first-order valence-electron chi connectivity index (χ1n) is 6.83. The Labute approximate surface area is 156 Å². The first kappa shape index (κ1) is 19.5. The second kappa shape index (κ2) is 9.03. The summed E-state index contributed by atoms with van der Waals surface area (Å²) in [6.07, 6.45) is 0. The molecule has 2 aromatic rings. The molecule has 0 aliphatic rings. The second-order valence-corrected chi connectivity index (χ2v) is 6.56. The van der Waals surface area contributed by atoms with Crippen LogP contribution in [0.3, 0.4) is 0 Å². The van der Waals surface area contributed by atoms with Crippen molar-refractivity contribution in [2.24, 2.45) is 0 Å². The molecule has 0 saturated heterocycles. The van der Waals surface area contributed by atoms with Crippen molar-refractivity contribution in [2.75, 3.05) is 17.7 Å². The average Bonchev–Trinajstić information content (AvgIpc) is 2.57. The number of carbonyl (C=O) groups is 2. The molecule has 0 bridgehead atoms. The quantitative estimate of drug-likeness (QED) is 0.565. The minimum Gasteiger partial charge on any atom is -0.455 e. The summed E-state index contributed by atoms with van der Waals surface area (Å²) in [7, 11) is 0. The smallest absolute Gasteiger partial charge is 0.316 e. The Balaban J connectivity index is 1.80. The normalized spacial score (nSPS) is 10.4. The summed E-state index contributed by atoms with van der Waals surface area (Å²) in [4.78, 5) is 23.9.